The number of carbonyl (C=O) groups is 4. The van der Waals surface area contributed by atoms with Crippen LogP contribution >= 0.6 is 15.6 Å². The average molecular weight is 1410 g/mol. The Bertz CT molecular complexity index is 1890. The minimum Gasteiger partial charge on any atom is -0.462 e. The predicted octanol–water partition coefficient (Wildman–Crippen LogP) is 22.4. The summed E-state index contributed by atoms with van der Waals surface area (Å²) in [6.07, 6.45) is 51.3. The molecule has 0 heterocycles. The zero-order chi connectivity index (χ0) is 71.0. The zero-order valence-corrected chi connectivity index (χ0v) is 64.8. The molecule has 0 radical (unpaired) electrons. The lowest BCUT2D eigenvalue weighted by Gasteiger charge is -2.21. The summed E-state index contributed by atoms with van der Waals surface area (Å²) >= 11 is 0. The van der Waals surface area contributed by atoms with Crippen LogP contribution in [0.25, 0.3) is 0 Å². The number of aliphatic hydroxyl groups is 1. The second kappa shape index (κ2) is 66.3. The first-order chi connectivity index (χ1) is 46.1. The van der Waals surface area contributed by atoms with Gasteiger partial charge < -0.3 is 33.8 Å². The predicted molar refractivity (Wildman–Crippen MR) is 391 cm³/mol. The van der Waals surface area contributed by atoms with Gasteiger partial charge in [0.05, 0.1) is 26.4 Å². The van der Waals surface area contributed by atoms with E-state index in [1.54, 1.807) is 0 Å². The molecule has 0 fully saturated rings. The molecule has 0 aromatic rings. The van der Waals surface area contributed by atoms with Crippen LogP contribution in [0, 0.1) is 23.7 Å². The lowest BCUT2D eigenvalue weighted by Crippen LogP contribution is -2.30. The quantitative estimate of drug-likeness (QED) is 0.0222. The number of esters is 4. The molecule has 0 spiro atoms. The summed E-state index contributed by atoms with van der Waals surface area (Å²) in [5.74, 6) is 0.957. The fraction of sp³-hybridized carbons (Fsp3) is 0.948. The summed E-state index contributed by atoms with van der Waals surface area (Å²) in [5, 5.41) is 10.6. The van der Waals surface area contributed by atoms with Crippen LogP contribution in [0.2, 0.25) is 0 Å². The van der Waals surface area contributed by atoms with Crippen LogP contribution in [0.15, 0.2) is 0 Å². The number of phosphoric acid groups is 2. The van der Waals surface area contributed by atoms with Crippen molar-refractivity contribution in [2.45, 2.75) is 408 Å². The number of rotatable bonds is 74. The average Bonchev–Trinajstić information content (AvgIpc) is 1.13. The lowest BCUT2D eigenvalue weighted by atomic mass is 10.00. The molecule has 570 valence electrons. The largest absolute Gasteiger partial charge is 0.472 e. The first-order valence-electron chi connectivity index (χ1n) is 39.7. The van der Waals surface area contributed by atoms with Gasteiger partial charge in [-0.3, -0.25) is 37.3 Å². The molecule has 17 nitrogen and oxygen atoms in total. The highest BCUT2D eigenvalue weighted by atomic mass is 31.2. The Kier molecular flexibility index (Phi) is 65.0. The van der Waals surface area contributed by atoms with Crippen molar-refractivity contribution in [1.29, 1.82) is 0 Å². The van der Waals surface area contributed by atoms with E-state index in [4.69, 9.17) is 37.0 Å². The highest BCUT2D eigenvalue weighted by molar-refractivity contribution is 7.47. The highest BCUT2D eigenvalue weighted by Crippen LogP contribution is 2.45. The molecule has 0 rings (SSSR count). The van der Waals surface area contributed by atoms with Crippen LogP contribution in [-0.4, -0.2) is 96.7 Å². The molecular formula is C77H150O17P2. The van der Waals surface area contributed by atoms with Crippen molar-refractivity contribution in [3.63, 3.8) is 0 Å². The molecule has 0 aliphatic carbocycles. The van der Waals surface area contributed by atoms with Gasteiger partial charge in [0.15, 0.2) is 12.2 Å². The third-order valence-electron chi connectivity index (χ3n) is 18.2. The number of phosphoric ester groups is 2. The normalized spacial score (nSPS) is 14.4. The van der Waals surface area contributed by atoms with Crippen molar-refractivity contribution in [2.75, 3.05) is 39.6 Å². The fourth-order valence-electron chi connectivity index (χ4n) is 11.7. The Morgan fingerprint density at radius 1 is 0.292 bits per heavy atom. The van der Waals surface area contributed by atoms with E-state index in [-0.39, 0.29) is 25.7 Å². The Morgan fingerprint density at radius 3 is 0.740 bits per heavy atom. The van der Waals surface area contributed by atoms with E-state index in [0.717, 1.165) is 120 Å². The summed E-state index contributed by atoms with van der Waals surface area (Å²) < 4.78 is 68.6. The molecule has 0 aromatic carbocycles. The number of hydrogen-bond acceptors (Lipinski definition) is 15. The van der Waals surface area contributed by atoms with E-state index in [1.165, 1.54) is 186 Å². The minimum atomic E-state index is -4.96. The van der Waals surface area contributed by atoms with Crippen molar-refractivity contribution in [1.82, 2.24) is 0 Å². The van der Waals surface area contributed by atoms with E-state index in [0.29, 0.717) is 25.7 Å². The van der Waals surface area contributed by atoms with Crippen LogP contribution in [0.5, 0.6) is 0 Å². The van der Waals surface area contributed by atoms with Crippen LogP contribution in [-0.2, 0) is 65.4 Å². The van der Waals surface area contributed by atoms with Gasteiger partial charge in [-0.1, -0.05) is 338 Å². The third-order valence-corrected chi connectivity index (χ3v) is 20.1. The second-order valence-corrected chi connectivity index (χ2v) is 32.3. The van der Waals surface area contributed by atoms with Crippen molar-refractivity contribution >= 4 is 39.5 Å². The number of ether oxygens (including phenoxy) is 4. The van der Waals surface area contributed by atoms with Crippen LogP contribution < -0.4 is 0 Å². The van der Waals surface area contributed by atoms with Gasteiger partial charge in [-0.2, -0.15) is 0 Å². The van der Waals surface area contributed by atoms with Crippen molar-refractivity contribution < 1.29 is 80.2 Å². The molecule has 0 bridgehead atoms. The summed E-state index contributed by atoms with van der Waals surface area (Å²) in [6, 6.07) is 0. The van der Waals surface area contributed by atoms with Gasteiger partial charge in [0.1, 0.15) is 19.3 Å². The summed E-state index contributed by atoms with van der Waals surface area (Å²) in [5.41, 5.74) is 0. The number of hydrogen-bond donors (Lipinski definition) is 3. The Labute approximate surface area is 588 Å². The van der Waals surface area contributed by atoms with Crippen molar-refractivity contribution in [3.8, 4) is 0 Å². The number of unbranched alkanes of at least 4 members (excludes halogenated alkanes) is 39. The van der Waals surface area contributed by atoms with Crippen LogP contribution in [0.4, 0.5) is 0 Å². The van der Waals surface area contributed by atoms with Crippen LogP contribution in [0.1, 0.15) is 389 Å². The molecular weight excluding hydrogens is 1260 g/mol. The second-order valence-electron chi connectivity index (χ2n) is 29.4. The molecule has 0 saturated carbocycles. The van der Waals surface area contributed by atoms with Gasteiger partial charge in [0.2, 0.25) is 0 Å². The Balaban J connectivity index is 5.26. The minimum absolute atomic E-state index is 0.106. The lowest BCUT2D eigenvalue weighted by molar-refractivity contribution is -0.161. The van der Waals surface area contributed by atoms with Gasteiger partial charge in [0, 0.05) is 25.7 Å². The molecule has 19 heteroatoms. The molecule has 0 saturated heterocycles. The Hall–Kier alpha value is -1.94. The number of carbonyl (C=O) groups excluding carboxylic acids is 4. The van der Waals surface area contributed by atoms with Gasteiger partial charge in [0.25, 0.3) is 0 Å². The van der Waals surface area contributed by atoms with Crippen LogP contribution in [0.3, 0.4) is 0 Å². The Morgan fingerprint density at radius 2 is 0.500 bits per heavy atom. The molecule has 3 unspecified atom stereocenters. The van der Waals surface area contributed by atoms with E-state index >= 15 is 0 Å². The van der Waals surface area contributed by atoms with E-state index < -0.39 is 97.5 Å². The van der Waals surface area contributed by atoms with Gasteiger partial charge in [-0.15, -0.1) is 0 Å². The molecule has 6 atom stereocenters. The molecule has 96 heavy (non-hydrogen) atoms. The third kappa shape index (κ3) is 69.2. The van der Waals surface area contributed by atoms with Gasteiger partial charge in [-0.05, 0) is 49.4 Å². The fourth-order valence-corrected chi connectivity index (χ4v) is 13.3. The molecule has 0 aliphatic heterocycles. The summed E-state index contributed by atoms with van der Waals surface area (Å²) in [7, 11) is -9.92. The molecule has 0 amide bonds. The van der Waals surface area contributed by atoms with E-state index in [2.05, 4.69) is 55.4 Å². The first kappa shape index (κ1) is 94.1. The van der Waals surface area contributed by atoms with Crippen molar-refractivity contribution in [3.05, 3.63) is 0 Å². The maximum atomic E-state index is 13.1. The van der Waals surface area contributed by atoms with E-state index in [9.17, 15) is 43.2 Å². The van der Waals surface area contributed by atoms with E-state index in [1.807, 2.05) is 0 Å². The number of aliphatic hydroxyl groups excluding tert-OH is 1. The summed E-state index contributed by atoms with van der Waals surface area (Å²) in [4.78, 5) is 72.9. The zero-order valence-electron chi connectivity index (χ0n) is 63.0. The SMILES string of the molecule is CCC(C)CCCCCCCCC(=O)OC[C@H](COP(=O)(O)OC[C@H](O)COP(=O)(O)OC[C@@H](COC(=O)CCCCCCCCCCCCCCC(C)C)OC(=O)CCCCCCCCCCCCCCCC(C)C)OC(=O)CCCCCCCCCCCCCCC(C)C. The van der Waals surface area contributed by atoms with Gasteiger partial charge in [-0.25, -0.2) is 9.13 Å². The van der Waals surface area contributed by atoms with Gasteiger partial charge >= 0.3 is 39.5 Å². The maximum Gasteiger partial charge on any atom is 0.472 e. The smallest absolute Gasteiger partial charge is 0.462 e. The monoisotopic (exact) mass is 1410 g/mol. The summed E-state index contributed by atoms with van der Waals surface area (Å²) in [6.45, 7) is 14.2. The topological polar surface area (TPSA) is 237 Å². The van der Waals surface area contributed by atoms with Crippen molar-refractivity contribution in [2.24, 2.45) is 23.7 Å². The standard InChI is InChI=1S/C77H150O17P2/c1-9-70(8)56-48-40-35-36-42-50-58-75(80)88-64-73(94-77(82)60-52-44-34-28-22-16-14-19-25-31-39-47-55-69(6)7)66-92-96(85,86)90-62-71(78)61-89-95(83,84)91-65-72(63-87-74(79)57-49-41-32-26-20-15-13-18-24-30-38-46-54-68(4)5)93-76(81)59-51-43-33-27-21-12-10-11-17-23-29-37-45-53-67(2)3/h67-73,78H,9-66H2,1-8H3,(H,83,84)(H,85,86)/t70?,71-,72-,73-/m1/s1. The first-order valence-corrected chi connectivity index (χ1v) is 42.7. The maximum absolute atomic E-state index is 13.1. The molecule has 0 aliphatic rings. The molecule has 0 aromatic heterocycles. The molecule has 3 N–H and O–H groups in total. The highest BCUT2D eigenvalue weighted by Gasteiger charge is 2.30.